The van der Waals surface area contributed by atoms with Crippen molar-refractivity contribution in [3.05, 3.63) is 78.0 Å². The van der Waals surface area contributed by atoms with Crippen molar-refractivity contribution in [3.8, 4) is 22.4 Å². The van der Waals surface area contributed by atoms with Gasteiger partial charge in [0.05, 0.1) is 5.69 Å². The lowest BCUT2D eigenvalue weighted by Crippen LogP contribution is -2.25. The van der Waals surface area contributed by atoms with Crippen LogP contribution in [0.3, 0.4) is 0 Å². The van der Waals surface area contributed by atoms with Crippen molar-refractivity contribution < 1.29 is 0 Å². The minimum Gasteiger partial charge on any atom is -0.256 e. The molecule has 0 amide bonds. The van der Waals surface area contributed by atoms with Crippen molar-refractivity contribution in [2.45, 2.75) is 44.9 Å². The van der Waals surface area contributed by atoms with Gasteiger partial charge in [-0.05, 0) is 60.3 Å². The average molecular weight is 339 g/mol. The first-order chi connectivity index (χ1) is 12.8. The lowest BCUT2D eigenvalue weighted by molar-refractivity contribution is 0.255. The standard InChI is InChI=1S/C25H25N/c1-2-6-19(7-3-1)24-11-10-23(18-26-24)20-8-9-22-17-25(13-4-5-14-25)15-12-21(22)16-20/h1-3,6-11,16,18H,4-5,12-15,17H2. The third-order valence-electron chi connectivity index (χ3n) is 6.53. The lowest BCUT2D eigenvalue weighted by atomic mass is 9.70. The Bertz CT molecular complexity index is 903. The molecule has 130 valence electrons. The number of benzene rings is 2. The van der Waals surface area contributed by atoms with E-state index in [-0.39, 0.29) is 0 Å². The number of pyridine rings is 1. The zero-order valence-corrected chi connectivity index (χ0v) is 15.2. The number of rotatable bonds is 2. The van der Waals surface area contributed by atoms with Crippen LogP contribution in [0.5, 0.6) is 0 Å². The van der Waals surface area contributed by atoms with Gasteiger partial charge in [0, 0.05) is 17.3 Å². The van der Waals surface area contributed by atoms with Gasteiger partial charge in [-0.3, -0.25) is 4.98 Å². The van der Waals surface area contributed by atoms with Crippen molar-refractivity contribution in [1.82, 2.24) is 4.98 Å². The van der Waals surface area contributed by atoms with Crippen molar-refractivity contribution in [1.29, 1.82) is 0 Å². The monoisotopic (exact) mass is 339 g/mol. The molecule has 5 rings (SSSR count). The van der Waals surface area contributed by atoms with E-state index in [1.54, 1.807) is 11.1 Å². The Morgan fingerprint density at radius 2 is 1.50 bits per heavy atom. The summed E-state index contributed by atoms with van der Waals surface area (Å²) in [5.74, 6) is 0. The first-order valence-electron chi connectivity index (χ1n) is 9.95. The molecular weight excluding hydrogens is 314 g/mol. The summed E-state index contributed by atoms with van der Waals surface area (Å²) in [7, 11) is 0. The minimum absolute atomic E-state index is 0.632. The maximum Gasteiger partial charge on any atom is 0.0702 e. The summed E-state index contributed by atoms with van der Waals surface area (Å²) < 4.78 is 0. The summed E-state index contributed by atoms with van der Waals surface area (Å²) in [4.78, 5) is 4.70. The molecule has 1 heteroatoms. The number of hydrogen-bond acceptors (Lipinski definition) is 1. The Kier molecular flexibility index (Phi) is 3.89. The smallest absolute Gasteiger partial charge is 0.0702 e. The van der Waals surface area contributed by atoms with Gasteiger partial charge in [-0.1, -0.05) is 67.4 Å². The van der Waals surface area contributed by atoms with Crippen LogP contribution in [0, 0.1) is 5.41 Å². The topological polar surface area (TPSA) is 12.9 Å². The Morgan fingerprint density at radius 1 is 0.692 bits per heavy atom. The molecule has 2 aromatic carbocycles. The normalized spacial score (nSPS) is 18.0. The van der Waals surface area contributed by atoms with E-state index in [0.29, 0.717) is 5.41 Å². The second-order valence-corrected chi connectivity index (χ2v) is 8.17. The van der Waals surface area contributed by atoms with Crippen LogP contribution in [-0.2, 0) is 12.8 Å². The van der Waals surface area contributed by atoms with Crippen LogP contribution in [0.4, 0.5) is 0 Å². The highest BCUT2D eigenvalue weighted by Crippen LogP contribution is 2.48. The fraction of sp³-hybridized carbons (Fsp3) is 0.320. The van der Waals surface area contributed by atoms with Crippen LogP contribution in [0.1, 0.15) is 43.2 Å². The van der Waals surface area contributed by atoms with Gasteiger partial charge in [0.2, 0.25) is 0 Å². The predicted molar refractivity (Wildman–Crippen MR) is 108 cm³/mol. The Hall–Kier alpha value is -2.41. The largest absolute Gasteiger partial charge is 0.256 e. The molecule has 2 aliphatic carbocycles. The van der Waals surface area contributed by atoms with Crippen LogP contribution in [0.15, 0.2) is 66.9 Å². The summed E-state index contributed by atoms with van der Waals surface area (Å²) in [6, 6.07) is 21.8. The van der Waals surface area contributed by atoms with E-state index in [0.717, 1.165) is 5.69 Å². The fourth-order valence-corrected chi connectivity index (χ4v) is 5.00. The first-order valence-corrected chi connectivity index (χ1v) is 9.95. The van der Waals surface area contributed by atoms with Crippen LogP contribution in [0.25, 0.3) is 22.4 Å². The molecule has 1 fully saturated rings. The predicted octanol–water partition coefficient (Wildman–Crippen LogP) is 6.46. The van der Waals surface area contributed by atoms with Gasteiger partial charge in [-0.15, -0.1) is 0 Å². The Balaban J connectivity index is 1.41. The molecule has 0 aliphatic heterocycles. The van der Waals surface area contributed by atoms with Crippen molar-refractivity contribution in [2.75, 3.05) is 0 Å². The molecule has 1 aromatic heterocycles. The highest BCUT2D eigenvalue weighted by Gasteiger charge is 2.36. The van der Waals surface area contributed by atoms with Crippen LogP contribution >= 0.6 is 0 Å². The fourth-order valence-electron chi connectivity index (χ4n) is 5.00. The Morgan fingerprint density at radius 3 is 2.27 bits per heavy atom. The number of aromatic nitrogens is 1. The third-order valence-corrected chi connectivity index (χ3v) is 6.53. The zero-order chi connectivity index (χ0) is 17.4. The molecule has 1 heterocycles. The molecule has 1 nitrogen and oxygen atoms in total. The SMILES string of the molecule is c1ccc(-c2ccc(-c3ccc4c(c3)CCC3(CCCC3)C4)cn2)cc1. The highest BCUT2D eigenvalue weighted by atomic mass is 14.7. The Labute approximate surface area is 156 Å². The van der Waals surface area contributed by atoms with Crippen LogP contribution < -0.4 is 0 Å². The zero-order valence-electron chi connectivity index (χ0n) is 15.2. The summed E-state index contributed by atoms with van der Waals surface area (Å²) in [5, 5.41) is 0. The summed E-state index contributed by atoms with van der Waals surface area (Å²) >= 11 is 0. The number of fused-ring (bicyclic) bond motifs is 1. The van der Waals surface area contributed by atoms with E-state index < -0.39 is 0 Å². The average Bonchev–Trinajstić information content (AvgIpc) is 3.16. The molecular formula is C25H25N. The van der Waals surface area contributed by atoms with Gasteiger partial charge >= 0.3 is 0 Å². The lowest BCUT2D eigenvalue weighted by Gasteiger charge is -2.35. The maximum absolute atomic E-state index is 4.70. The van der Waals surface area contributed by atoms with Gasteiger partial charge in [-0.25, -0.2) is 0 Å². The molecule has 0 bridgehead atoms. The highest BCUT2D eigenvalue weighted by molar-refractivity contribution is 5.68. The summed E-state index contributed by atoms with van der Waals surface area (Å²) in [6.07, 6.45) is 11.7. The van der Waals surface area contributed by atoms with Crippen LogP contribution in [0.2, 0.25) is 0 Å². The van der Waals surface area contributed by atoms with Gasteiger partial charge in [0.25, 0.3) is 0 Å². The molecule has 0 atom stereocenters. The molecule has 0 saturated heterocycles. The molecule has 3 aromatic rings. The van der Waals surface area contributed by atoms with Crippen molar-refractivity contribution >= 4 is 0 Å². The van der Waals surface area contributed by atoms with E-state index >= 15 is 0 Å². The van der Waals surface area contributed by atoms with Gasteiger partial charge in [0.1, 0.15) is 0 Å². The van der Waals surface area contributed by atoms with E-state index in [4.69, 9.17) is 4.98 Å². The van der Waals surface area contributed by atoms with Gasteiger partial charge < -0.3 is 0 Å². The van der Waals surface area contributed by atoms with E-state index in [9.17, 15) is 0 Å². The van der Waals surface area contributed by atoms with E-state index in [1.807, 2.05) is 12.3 Å². The molecule has 1 saturated carbocycles. The minimum atomic E-state index is 0.632. The van der Waals surface area contributed by atoms with Gasteiger partial charge in [0.15, 0.2) is 0 Å². The van der Waals surface area contributed by atoms with Crippen molar-refractivity contribution in [2.24, 2.45) is 5.41 Å². The maximum atomic E-state index is 4.70. The van der Waals surface area contributed by atoms with Gasteiger partial charge in [-0.2, -0.15) is 0 Å². The third kappa shape index (κ3) is 2.86. The molecule has 26 heavy (non-hydrogen) atoms. The summed E-state index contributed by atoms with van der Waals surface area (Å²) in [6.45, 7) is 0. The van der Waals surface area contributed by atoms with E-state index in [1.165, 1.54) is 61.6 Å². The van der Waals surface area contributed by atoms with Crippen LogP contribution in [-0.4, -0.2) is 4.98 Å². The molecule has 0 unspecified atom stereocenters. The molecule has 1 spiro atoms. The molecule has 2 aliphatic rings. The summed E-state index contributed by atoms with van der Waals surface area (Å²) in [5.41, 5.74) is 8.52. The quantitative estimate of drug-likeness (QED) is 0.522. The number of aryl methyl sites for hydroxylation is 1. The second kappa shape index (κ2) is 6.39. The molecule has 0 N–H and O–H groups in total. The number of nitrogens with zero attached hydrogens (tertiary/aromatic N) is 1. The second-order valence-electron chi connectivity index (χ2n) is 8.17. The first kappa shape index (κ1) is 15.8. The van der Waals surface area contributed by atoms with Crippen molar-refractivity contribution in [3.63, 3.8) is 0 Å². The van der Waals surface area contributed by atoms with E-state index in [2.05, 4.69) is 54.6 Å². The number of hydrogen-bond donors (Lipinski definition) is 0. The molecule has 0 radical (unpaired) electrons.